The van der Waals surface area contributed by atoms with Crippen LogP contribution in [0.2, 0.25) is 0 Å². The Morgan fingerprint density at radius 1 is 0.750 bits per heavy atom. The van der Waals surface area contributed by atoms with E-state index in [0.29, 0.717) is 37.2 Å². The van der Waals surface area contributed by atoms with Gasteiger partial charge in [-0.25, -0.2) is 22.0 Å². The van der Waals surface area contributed by atoms with E-state index in [1.807, 2.05) is 13.8 Å². The summed E-state index contributed by atoms with van der Waals surface area (Å²) in [5.41, 5.74) is -1.91. The molecule has 1 saturated heterocycles. The minimum Gasteiger partial charge on any atom is -0.429 e. The molecule has 4 rings (SSSR count). The Bertz CT molecular complexity index is 984. The van der Waals surface area contributed by atoms with Crippen LogP contribution < -0.4 is 4.74 Å². The largest absolute Gasteiger partial charge is 0.432 e. The van der Waals surface area contributed by atoms with Crippen molar-refractivity contribution in [1.29, 1.82) is 0 Å². The summed E-state index contributed by atoms with van der Waals surface area (Å²) in [5, 5.41) is 0. The number of hydrogen-bond donors (Lipinski definition) is 0. The van der Waals surface area contributed by atoms with Crippen molar-refractivity contribution in [2.75, 3.05) is 13.2 Å². The molecule has 0 N–H and O–H groups in total. The highest BCUT2D eigenvalue weighted by molar-refractivity contribution is 5.32. The molecule has 2 aromatic carbocycles. The Morgan fingerprint density at radius 3 is 1.75 bits per heavy atom. The topological polar surface area (TPSA) is 27.7 Å². The van der Waals surface area contributed by atoms with Crippen LogP contribution in [0.1, 0.15) is 63.9 Å². The van der Waals surface area contributed by atoms with Gasteiger partial charge in [0.15, 0.2) is 23.7 Å². The fraction of sp³-hybridized carbons (Fsp3) is 0.538. The quantitative estimate of drug-likeness (QED) is 0.294. The lowest BCUT2D eigenvalue weighted by Gasteiger charge is -2.37. The number of rotatable bonds is 5. The molecule has 10 heteroatoms. The molecule has 2 fully saturated rings. The van der Waals surface area contributed by atoms with Gasteiger partial charge in [-0.15, -0.1) is 0 Å². The van der Waals surface area contributed by atoms with Crippen LogP contribution in [0.5, 0.6) is 5.75 Å². The van der Waals surface area contributed by atoms with Gasteiger partial charge < -0.3 is 14.2 Å². The monoisotopic (exact) mass is 522 g/mol. The number of alkyl halides is 2. The van der Waals surface area contributed by atoms with Gasteiger partial charge in [0.2, 0.25) is 0 Å². The Kier molecular flexibility index (Phi) is 9.27. The first kappa shape index (κ1) is 28.2. The maximum Gasteiger partial charge on any atom is 0.432 e. The highest BCUT2D eigenvalue weighted by Crippen LogP contribution is 2.40. The zero-order valence-electron chi connectivity index (χ0n) is 20.2. The number of ether oxygens (including phenoxy) is 3. The third-order valence-corrected chi connectivity index (χ3v) is 6.48. The molecule has 0 aromatic heterocycles. The highest BCUT2D eigenvalue weighted by Gasteiger charge is 2.42. The SMILES string of the molecule is CC.CC1CCC(C2COC(c3cc(F)c(C(F)(F)Oc4cc(F)c(F)c(F)c4)c(F)c3)OC2)CC1. The van der Waals surface area contributed by atoms with E-state index < -0.39 is 52.8 Å². The average Bonchev–Trinajstić information content (AvgIpc) is 2.83. The first-order valence-electron chi connectivity index (χ1n) is 12.0. The van der Waals surface area contributed by atoms with Crippen LogP contribution in [0.4, 0.5) is 30.7 Å². The van der Waals surface area contributed by atoms with Crippen LogP contribution in [0.25, 0.3) is 0 Å². The zero-order valence-corrected chi connectivity index (χ0v) is 20.2. The summed E-state index contributed by atoms with van der Waals surface area (Å²) in [7, 11) is 0. The second kappa shape index (κ2) is 11.8. The van der Waals surface area contributed by atoms with Crippen LogP contribution in [0.3, 0.4) is 0 Å². The van der Waals surface area contributed by atoms with Crippen LogP contribution in [-0.4, -0.2) is 13.2 Å². The van der Waals surface area contributed by atoms with Crippen LogP contribution >= 0.6 is 0 Å². The standard InChI is InChI=1S/C24H23F7O3.C2H6/c1-12-2-4-13(5-3-12)15-10-32-23(33-11-15)14-6-17(25)21(18(26)7-14)24(30,31)34-16-8-19(27)22(29)20(28)9-16;1-2/h6-9,12-13,15,23H,2-5,10-11H2,1H3;1-2H3. The van der Waals surface area contributed by atoms with Crippen molar-refractivity contribution in [3.8, 4) is 5.75 Å². The molecule has 1 aliphatic heterocycles. The molecule has 36 heavy (non-hydrogen) atoms. The summed E-state index contributed by atoms with van der Waals surface area (Å²) in [6.07, 6.45) is -1.44. The Hall–Kier alpha value is -2.33. The minimum atomic E-state index is -4.65. The lowest BCUT2D eigenvalue weighted by atomic mass is 9.76. The maximum atomic E-state index is 14.6. The third kappa shape index (κ3) is 6.32. The van der Waals surface area contributed by atoms with Crippen molar-refractivity contribution in [3.05, 3.63) is 64.5 Å². The van der Waals surface area contributed by atoms with Crippen molar-refractivity contribution in [3.63, 3.8) is 0 Å². The molecule has 0 amide bonds. The second-order valence-electron chi connectivity index (χ2n) is 8.96. The molecule has 0 spiro atoms. The molecule has 1 heterocycles. The van der Waals surface area contributed by atoms with Gasteiger partial charge in [-0.1, -0.05) is 33.6 Å². The zero-order chi connectivity index (χ0) is 26.6. The van der Waals surface area contributed by atoms with Gasteiger partial charge in [-0.05, 0) is 36.8 Å². The first-order valence-corrected chi connectivity index (χ1v) is 12.0. The van der Waals surface area contributed by atoms with Gasteiger partial charge in [0.25, 0.3) is 0 Å². The normalized spacial score (nSPS) is 24.6. The predicted octanol–water partition coefficient (Wildman–Crippen LogP) is 8.02. The van der Waals surface area contributed by atoms with Crippen molar-refractivity contribution in [1.82, 2.24) is 0 Å². The summed E-state index contributed by atoms with van der Waals surface area (Å²) in [5.74, 6) is -8.71. The van der Waals surface area contributed by atoms with Gasteiger partial charge >= 0.3 is 6.11 Å². The smallest absolute Gasteiger partial charge is 0.429 e. The van der Waals surface area contributed by atoms with E-state index in [4.69, 9.17) is 9.47 Å². The Balaban J connectivity index is 0.00000176. The van der Waals surface area contributed by atoms with Crippen molar-refractivity contribution >= 4 is 0 Å². The number of hydrogen-bond acceptors (Lipinski definition) is 3. The molecule has 3 nitrogen and oxygen atoms in total. The molecule has 200 valence electrons. The fourth-order valence-electron chi connectivity index (χ4n) is 4.54. The number of benzene rings is 2. The fourth-order valence-corrected chi connectivity index (χ4v) is 4.54. The predicted molar refractivity (Wildman–Crippen MR) is 118 cm³/mol. The molecule has 1 aliphatic carbocycles. The minimum absolute atomic E-state index is 0.135. The molecule has 0 atom stereocenters. The van der Waals surface area contributed by atoms with Crippen LogP contribution in [0, 0.1) is 46.8 Å². The summed E-state index contributed by atoms with van der Waals surface area (Å²) in [6.45, 7) is 6.84. The lowest BCUT2D eigenvalue weighted by molar-refractivity contribution is -0.215. The van der Waals surface area contributed by atoms with Gasteiger partial charge in [-0.2, -0.15) is 8.78 Å². The molecular formula is C26H29F7O3. The average molecular weight is 523 g/mol. The summed E-state index contributed by atoms with van der Waals surface area (Å²) in [6, 6.07) is 1.55. The molecule has 1 saturated carbocycles. The van der Waals surface area contributed by atoms with E-state index in [1.54, 1.807) is 0 Å². The molecule has 0 unspecified atom stereocenters. The van der Waals surface area contributed by atoms with Gasteiger partial charge in [-0.3, -0.25) is 0 Å². The highest BCUT2D eigenvalue weighted by atomic mass is 19.3. The van der Waals surface area contributed by atoms with Gasteiger partial charge in [0, 0.05) is 23.6 Å². The van der Waals surface area contributed by atoms with Gasteiger partial charge in [0.1, 0.15) is 22.9 Å². The van der Waals surface area contributed by atoms with E-state index in [2.05, 4.69) is 11.7 Å². The Morgan fingerprint density at radius 2 is 1.25 bits per heavy atom. The molecule has 2 aliphatic rings. The van der Waals surface area contributed by atoms with E-state index in [0.717, 1.165) is 25.7 Å². The first-order chi connectivity index (χ1) is 17.0. The molecule has 0 radical (unpaired) electrons. The van der Waals surface area contributed by atoms with Crippen LogP contribution in [-0.2, 0) is 15.6 Å². The van der Waals surface area contributed by atoms with Gasteiger partial charge in [0.05, 0.1) is 13.2 Å². The van der Waals surface area contributed by atoms with Crippen molar-refractivity contribution in [2.24, 2.45) is 17.8 Å². The molecule has 2 aromatic rings. The third-order valence-electron chi connectivity index (χ3n) is 6.48. The lowest BCUT2D eigenvalue weighted by Crippen LogP contribution is -2.34. The summed E-state index contributed by atoms with van der Waals surface area (Å²) < 4.78 is 113. The van der Waals surface area contributed by atoms with E-state index in [-0.39, 0.29) is 23.6 Å². The summed E-state index contributed by atoms with van der Waals surface area (Å²) in [4.78, 5) is 0. The second-order valence-corrected chi connectivity index (χ2v) is 8.96. The summed E-state index contributed by atoms with van der Waals surface area (Å²) >= 11 is 0. The number of halogens is 7. The molecular weight excluding hydrogens is 493 g/mol. The van der Waals surface area contributed by atoms with Crippen molar-refractivity contribution < 1.29 is 44.9 Å². The van der Waals surface area contributed by atoms with E-state index >= 15 is 0 Å². The maximum absolute atomic E-state index is 14.6. The Labute approximate surface area is 205 Å². The van der Waals surface area contributed by atoms with Crippen molar-refractivity contribution in [2.45, 2.75) is 58.9 Å². The van der Waals surface area contributed by atoms with Crippen LogP contribution in [0.15, 0.2) is 24.3 Å². The molecule has 0 bridgehead atoms. The van der Waals surface area contributed by atoms with E-state index in [9.17, 15) is 30.7 Å². The van der Waals surface area contributed by atoms with E-state index in [1.165, 1.54) is 0 Å².